The molecule has 0 heterocycles. The standard InChI is InChI=1S/C19H23ClN2O3S/c1-4-18(22(26(3,24)25)17-8-6-5-7-9-17)19(23)21(2)14-15-10-12-16(20)13-11-15/h5-13,18H,4,14H2,1-3H3/t18-/m1/s1. The Labute approximate surface area is 160 Å². The number of carbonyl (C=O) groups excluding carboxylic acids is 1. The van der Waals surface area contributed by atoms with Crippen LogP contribution in [0.2, 0.25) is 5.02 Å². The van der Waals surface area contributed by atoms with Gasteiger partial charge >= 0.3 is 0 Å². The number of hydrogen-bond donors (Lipinski definition) is 0. The van der Waals surface area contributed by atoms with Crippen molar-refractivity contribution in [3.8, 4) is 0 Å². The number of halogens is 1. The van der Waals surface area contributed by atoms with Crippen LogP contribution in [0.1, 0.15) is 18.9 Å². The summed E-state index contributed by atoms with van der Waals surface area (Å²) in [5.74, 6) is -0.253. The molecular formula is C19H23ClN2O3S. The number of amides is 1. The molecule has 0 N–H and O–H groups in total. The summed E-state index contributed by atoms with van der Waals surface area (Å²) in [5, 5.41) is 0.626. The molecule has 0 saturated carbocycles. The molecule has 140 valence electrons. The molecular weight excluding hydrogens is 372 g/mol. The van der Waals surface area contributed by atoms with Gasteiger partial charge in [0.25, 0.3) is 0 Å². The van der Waals surface area contributed by atoms with E-state index in [2.05, 4.69) is 0 Å². The summed E-state index contributed by atoms with van der Waals surface area (Å²) < 4.78 is 26.0. The van der Waals surface area contributed by atoms with Crippen LogP contribution in [0.5, 0.6) is 0 Å². The number of rotatable bonds is 7. The molecule has 26 heavy (non-hydrogen) atoms. The van der Waals surface area contributed by atoms with Crippen LogP contribution in [0.25, 0.3) is 0 Å². The summed E-state index contributed by atoms with van der Waals surface area (Å²) in [6.07, 6.45) is 1.49. The van der Waals surface area contributed by atoms with Crippen LogP contribution in [-0.4, -0.2) is 38.6 Å². The van der Waals surface area contributed by atoms with E-state index in [-0.39, 0.29) is 5.91 Å². The maximum Gasteiger partial charge on any atom is 0.246 e. The van der Waals surface area contributed by atoms with Gasteiger partial charge in [-0.3, -0.25) is 9.10 Å². The molecule has 0 aliphatic carbocycles. The third-order valence-electron chi connectivity index (χ3n) is 4.03. The van der Waals surface area contributed by atoms with Gasteiger partial charge in [-0.1, -0.05) is 48.9 Å². The van der Waals surface area contributed by atoms with Crippen LogP contribution in [-0.2, 0) is 21.4 Å². The first kappa shape index (κ1) is 20.3. The van der Waals surface area contributed by atoms with Gasteiger partial charge in [0.1, 0.15) is 6.04 Å². The smallest absolute Gasteiger partial charge is 0.246 e. The minimum absolute atomic E-state index is 0.253. The van der Waals surface area contributed by atoms with Gasteiger partial charge in [0.2, 0.25) is 15.9 Å². The van der Waals surface area contributed by atoms with Gasteiger partial charge in [-0.25, -0.2) is 8.42 Å². The van der Waals surface area contributed by atoms with Gasteiger partial charge in [-0.05, 0) is 36.2 Å². The molecule has 2 aromatic rings. The van der Waals surface area contributed by atoms with Crippen molar-refractivity contribution < 1.29 is 13.2 Å². The Morgan fingerprint density at radius 1 is 1.08 bits per heavy atom. The average Bonchev–Trinajstić information content (AvgIpc) is 2.60. The SMILES string of the molecule is CC[C@H](C(=O)N(C)Cc1ccc(Cl)cc1)N(c1ccccc1)S(C)(=O)=O. The zero-order chi connectivity index (χ0) is 19.3. The van der Waals surface area contributed by atoms with Gasteiger partial charge in [0.15, 0.2) is 0 Å². The maximum atomic E-state index is 13.0. The van der Waals surface area contributed by atoms with Crippen molar-refractivity contribution >= 4 is 33.2 Å². The largest absolute Gasteiger partial charge is 0.340 e. The molecule has 5 nitrogen and oxygen atoms in total. The number of carbonyl (C=O) groups is 1. The van der Waals surface area contributed by atoms with Crippen LogP contribution >= 0.6 is 11.6 Å². The van der Waals surface area contributed by atoms with E-state index in [1.807, 2.05) is 12.1 Å². The Kier molecular flexibility index (Phi) is 6.67. The van der Waals surface area contributed by atoms with E-state index in [1.165, 1.54) is 4.31 Å². The van der Waals surface area contributed by atoms with E-state index in [1.54, 1.807) is 61.3 Å². The molecule has 7 heteroatoms. The van der Waals surface area contributed by atoms with E-state index in [0.717, 1.165) is 11.8 Å². The predicted molar refractivity (Wildman–Crippen MR) is 106 cm³/mol. The molecule has 2 aromatic carbocycles. The van der Waals surface area contributed by atoms with E-state index in [9.17, 15) is 13.2 Å². The minimum atomic E-state index is -3.62. The van der Waals surface area contributed by atoms with Gasteiger partial charge in [-0.15, -0.1) is 0 Å². The molecule has 1 atom stereocenters. The van der Waals surface area contributed by atoms with E-state index in [0.29, 0.717) is 23.7 Å². The van der Waals surface area contributed by atoms with E-state index < -0.39 is 16.1 Å². The highest BCUT2D eigenvalue weighted by atomic mass is 35.5. The Morgan fingerprint density at radius 3 is 2.15 bits per heavy atom. The number of hydrogen-bond acceptors (Lipinski definition) is 3. The Hall–Kier alpha value is -2.05. The lowest BCUT2D eigenvalue weighted by molar-refractivity contribution is -0.131. The molecule has 0 spiro atoms. The van der Waals surface area contributed by atoms with Gasteiger partial charge < -0.3 is 4.90 Å². The second-order valence-corrected chi connectivity index (χ2v) is 8.44. The molecule has 1 amide bonds. The Morgan fingerprint density at radius 2 is 1.65 bits per heavy atom. The van der Waals surface area contributed by atoms with Crippen molar-refractivity contribution in [2.75, 3.05) is 17.6 Å². The van der Waals surface area contributed by atoms with E-state index >= 15 is 0 Å². The first-order valence-electron chi connectivity index (χ1n) is 8.28. The summed E-state index contributed by atoms with van der Waals surface area (Å²) in [7, 11) is -1.95. The topological polar surface area (TPSA) is 57.7 Å². The monoisotopic (exact) mass is 394 g/mol. The number of sulfonamides is 1. The molecule has 0 aliphatic rings. The predicted octanol–water partition coefficient (Wildman–Crippen LogP) is 3.54. The molecule has 0 fully saturated rings. The van der Waals surface area contributed by atoms with Crippen molar-refractivity contribution in [3.05, 3.63) is 65.2 Å². The van der Waals surface area contributed by atoms with Gasteiger partial charge in [-0.2, -0.15) is 0 Å². The molecule has 0 radical (unpaired) electrons. The third kappa shape index (κ3) is 4.99. The summed E-state index contributed by atoms with van der Waals surface area (Å²) in [6.45, 7) is 2.18. The highest BCUT2D eigenvalue weighted by molar-refractivity contribution is 7.92. The molecule has 0 saturated heterocycles. The van der Waals surface area contributed by atoms with Crippen molar-refractivity contribution in [3.63, 3.8) is 0 Å². The van der Waals surface area contributed by atoms with Crippen molar-refractivity contribution in [1.82, 2.24) is 4.90 Å². The second-order valence-electron chi connectivity index (χ2n) is 6.14. The Balaban J connectivity index is 2.28. The second kappa shape index (κ2) is 8.56. The van der Waals surface area contributed by atoms with Crippen LogP contribution in [0.3, 0.4) is 0 Å². The quantitative estimate of drug-likeness (QED) is 0.721. The lowest BCUT2D eigenvalue weighted by atomic mass is 10.1. The lowest BCUT2D eigenvalue weighted by Gasteiger charge is -2.32. The normalized spacial score (nSPS) is 12.5. The first-order chi connectivity index (χ1) is 12.2. The summed E-state index contributed by atoms with van der Waals surface area (Å²) in [5.41, 5.74) is 1.40. The highest BCUT2D eigenvalue weighted by Crippen LogP contribution is 2.23. The zero-order valence-electron chi connectivity index (χ0n) is 15.1. The molecule has 2 rings (SSSR count). The minimum Gasteiger partial charge on any atom is -0.340 e. The van der Waals surface area contributed by atoms with Crippen LogP contribution in [0, 0.1) is 0 Å². The number of para-hydroxylation sites is 1. The van der Waals surface area contributed by atoms with Gasteiger partial charge in [0.05, 0.1) is 11.9 Å². The fourth-order valence-corrected chi connectivity index (χ4v) is 4.15. The summed E-state index contributed by atoms with van der Waals surface area (Å²) in [6, 6.07) is 15.1. The molecule has 0 aromatic heterocycles. The van der Waals surface area contributed by atoms with Crippen LogP contribution in [0.4, 0.5) is 5.69 Å². The molecule has 0 unspecified atom stereocenters. The number of nitrogens with zero attached hydrogens (tertiary/aromatic N) is 2. The van der Waals surface area contributed by atoms with Crippen LogP contribution in [0.15, 0.2) is 54.6 Å². The fourth-order valence-electron chi connectivity index (χ4n) is 2.81. The van der Waals surface area contributed by atoms with Gasteiger partial charge in [0, 0.05) is 18.6 Å². The molecule has 0 bridgehead atoms. The van der Waals surface area contributed by atoms with Crippen molar-refractivity contribution in [2.24, 2.45) is 0 Å². The lowest BCUT2D eigenvalue weighted by Crippen LogP contribution is -2.49. The highest BCUT2D eigenvalue weighted by Gasteiger charge is 2.33. The van der Waals surface area contributed by atoms with E-state index in [4.69, 9.17) is 11.6 Å². The van der Waals surface area contributed by atoms with Crippen LogP contribution < -0.4 is 4.31 Å². The number of likely N-dealkylation sites (N-methyl/N-ethyl adjacent to an activating group) is 1. The average molecular weight is 395 g/mol. The fraction of sp³-hybridized carbons (Fsp3) is 0.316. The summed E-state index contributed by atoms with van der Waals surface area (Å²) >= 11 is 5.89. The number of benzene rings is 2. The maximum absolute atomic E-state index is 13.0. The molecule has 0 aliphatic heterocycles. The zero-order valence-corrected chi connectivity index (χ0v) is 16.7. The first-order valence-corrected chi connectivity index (χ1v) is 10.5. The van der Waals surface area contributed by atoms with Crippen molar-refractivity contribution in [2.45, 2.75) is 25.9 Å². The Bertz CT molecular complexity index is 839. The third-order valence-corrected chi connectivity index (χ3v) is 5.46. The number of anilines is 1. The summed E-state index contributed by atoms with van der Waals surface area (Å²) in [4.78, 5) is 14.5. The van der Waals surface area contributed by atoms with Crippen molar-refractivity contribution in [1.29, 1.82) is 0 Å².